The summed E-state index contributed by atoms with van der Waals surface area (Å²) in [5.41, 5.74) is 7.10. The molecule has 4 heteroatoms. The van der Waals surface area contributed by atoms with Crippen LogP contribution < -0.4 is 0 Å². The molecule has 3 heterocycles. The van der Waals surface area contributed by atoms with Gasteiger partial charge in [-0.2, -0.15) is 0 Å². The summed E-state index contributed by atoms with van der Waals surface area (Å²) >= 11 is 1.86. The third-order valence-electron chi connectivity index (χ3n) is 6.46. The Kier molecular flexibility index (Phi) is 3.62. The van der Waals surface area contributed by atoms with Crippen LogP contribution in [-0.2, 0) is 0 Å². The molecule has 0 radical (unpaired) electrons. The van der Waals surface area contributed by atoms with Gasteiger partial charge in [0.2, 0.25) is 5.78 Å². The van der Waals surface area contributed by atoms with Crippen molar-refractivity contribution in [3.63, 3.8) is 0 Å². The Hall–Kier alpha value is -3.63. The van der Waals surface area contributed by atoms with Crippen molar-refractivity contribution in [1.82, 2.24) is 14.0 Å². The van der Waals surface area contributed by atoms with Gasteiger partial charge < -0.3 is 4.57 Å². The van der Waals surface area contributed by atoms with E-state index in [0.717, 1.165) is 16.8 Å². The largest absolute Gasteiger partial charge is 0.307 e. The summed E-state index contributed by atoms with van der Waals surface area (Å²) in [5, 5.41) is 2.67. The van der Waals surface area contributed by atoms with Crippen molar-refractivity contribution in [3.05, 3.63) is 84.9 Å². The van der Waals surface area contributed by atoms with Crippen LogP contribution in [-0.4, -0.2) is 14.0 Å². The molecule has 0 spiro atoms. The van der Waals surface area contributed by atoms with Crippen molar-refractivity contribution < 1.29 is 0 Å². The molecule has 0 saturated carbocycles. The maximum absolute atomic E-state index is 4.97. The highest BCUT2D eigenvalue weighted by Gasteiger charge is 2.18. The number of rotatable bonds is 2. The zero-order valence-electron chi connectivity index (χ0n) is 17.9. The predicted molar refractivity (Wildman–Crippen MR) is 137 cm³/mol. The number of para-hydroxylation sites is 2. The molecule has 0 aliphatic rings. The van der Waals surface area contributed by atoms with Gasteiger partial charge in [-0.1, -0.05) is 42.5 Å². The molecule has 0 atom stereocenters. The zero-order chi connectivity index (χ0) is 21.4. The number of nitrogens with zero attached hydrogens (tertiary/aromatic N) is 3. The van der Waals surface area contributed by atoms with E-state index in [1.165, 1.54) is 42.3 Å². The monoisotopic (exact) mass is 431 g/mol. The van der Waals surface area contributed by atoms with E-state index >= 15 is 0 Å². The topological polar surface area (TPSA) is 22.2 Å². The summed E-state index contributed by atoms with van der Waals surface area (Å²) in [5.74, 6) is 1.01. The van der Waals surface area contributed by atoms with Crippen LogP contribution >= 0.6 is 11.3 Å². The van der Waals surface area contributed by atoms with E-state index in [9.17, 15) is 0 Å². The van der Waals surface area contributed by atoms with Crippen molar-refractivity contribution in [3.8, 4) is 11.1 Å². The van der Waals surface area contributed by atoms with E-state index in [4.69, 9.17) is 4.98 Å². The first-order valence-corrected chi connectivity index (χ1v) is 11.8. The molecular formula is C28H21N3S. The Labute approximate surface area is 189 Å². The lowest BCUT2D eigenvalue weighted by Crippen LogP contribution is -2.00. The molecule has 0 amide bonds. The third-order valence-corrected chi connectivity index (χ3v) is 7.61. The SMILES string of the molecule is CC(C)n1c2ccc(-c3ccc4sc5ccccc5c4c3)cc2n2c3ccccc3nc12. The van der Waals surface area contributed by atoms with Gasteiger partial charge in [0.1, 0.15) is 0 Å². The summed E-state index contributed by atoms with van der Waals surface area (Å²) < 4.78 is 7.34. The minimum atomic E-state index is 0.325. The molecule has 0 unspecified atom stereocenters. The number of hydrogen-bond donors (Lipinski definition) is 0. The minimum Gasteiger partial charge on any atom is -0.307 e. The lowest BCUT2D eigenvalue weighted by atomic mass is 10.0. The second-order valence-corrected chi connectivity index (χ2v) is 9.80. The van der Waals surface area contributed by atoms with Gasteiger partial charge in [-0.3, -0.25) is 4.40 Å². The molecule has 154 valence electrons. The van der Waals surface area contributed by atoms with E-state index in [2.05, 4.69) is 108 Å². The highest BCUT2D eigenvalue weighted by molar-refractivity contribution is 7.25. The second-order valence-electron chi connectivity index (χ2n) is 8.71. The highest BCUT2D eigenvalue weighted by atomic mass is 32.1. The lowest BCUT2D eigenvalue weighted by molar-refractivity contribution is 0.633. The first-order valence-electron chi connectivity index (χ1n) is 11.0. The van der Waals surface area contributed by atoms with Gasteiger partial charge in [-0.05, 0) is 67.4 Å². The van der Waals surface area contributed by atoms with Gasteiger partial charge in [0.05, 0.1) is 22.1 Å². The number of hydrogen-bond acceptors (Lipinski definition) is 2. The highest BCUT2D eigenvalue weighted by Crippen LogP contribution is 2.37. The smallest absolute Gasteiger partial charge is 0.216 e. The maximum atomic E-state index is 4.97. The van der Waals surface area contributed by atoms with Crippen LogP contribution in [0.1, 0.15) is 19.9 Å². The Balaban J connectivity index is 1.53. The summed E-state index contributed by atoms with van der Waals surface area (Å²) in [4.78, 5) is 4.97. The Morgan fingerprint density at radius 2 is 1.44 bits per heavy atom. The molecule has 0 bridgehead atoms. The van der Waals surface area contributed by atoms with E-state index in [1.807, 2.05) is 11.3 Å². The molecule has 7 rings (SSSR count). The Morgan fingerprint density at radius 1 is 0.688 bits per heavy atom. The third kappa shape index (κ3) is 2.38. The normalized spacial score (nSPS) is 12.3. The second kappa shape index (κ2) is 6.44. The summed E-state index contributed by atoms with van der Waals surface area (Å²) in [6.07, 6.45) is 0. The quantitative estimate of drug-likeness (QED) is 0.271. The molecule has 3 nitrogen and oxygen atoms in total. The van der Waals surface area contributed by atoms with E-state index in [0.29, 0.717) is 6.04 Å². The number of thiophene rings is 1. The lowest BCUT2D eigenvalue weighted by Gasteiger charge is -2.09. The molecule has 0 N–H and O–H groups in total. The Morgan fingerprint density at radius 3 is 2.34 bits per heavy atom. The van der Waals surface area contributed by atoms with Gasteiger partial charge in [0, 0.05) is 26.2 Å². The van der Waals surface area contributed by atoms with Gasteiger partial charge in [0.25, 0.3) is 0 Å². The first-order chi connectivity index (χ1) is 15.7. The van der Waals surface area contributed by atoms with E-state index < -0.39 is 0 Å². The fourth-order valence-corrected chi connectivity index (χ4v) is 6.11. The molecule has 4 aromatic carbocycles. The van der Waals surface area contributed by atoms with Gasteiger partial charge in [0.15, 0.2) is 0 Å². The van der Waals surface area contributed by atoms with Crippen molar-refractivity contribution in [1.29, 1.82) is 0 Å². The van der Waals surface area contributed by atoms with E-state index in [1.54, 1.807) is 0 Å². The molecule has 0 aliphatic carbocycles. The predicted octanol–water partition coefficient (Wildman–Crippen LogP) is 8.06. The van der Waals surface area contributed by atoms with Crippen LogP contribution in [0.5, 0.6) is 0 Å². The van der Waals surface area contributed by atoms with Crippen molar-refractivity contribution in [2.24, 2.45) is 0 Å². The minimum absolute atomic E-state index is 0.325. The summed E-state index contributed by atoms with van der Waals surface area (Å²) in [7, 11) is 0. The molecule has 7 aromatic rings. The number of imidazole rings is 2. The summed E-state index contributed by atoms with van der Waals surface area (Å²) in [6.45, 7) is 4.45. The van der Waals surface area contributed by atoms with Crippen LogP contribution in [0, 0.1) is 0 Å². The standard InChI is InChI=1S/C28H21N3S/c1-17(2)30-24-13-11-19(16-25(24)31-23-9-5-4-8-22(23)29-28(30)31)18-12-14-27-21(15-18)20-7-3-6-10-26(20)32-27/h3-17H,1-2H3. The molecule has 0 saturated heterocycles. The van der Waals surface area contributed by atoms with Gasteiger partial charge in [-0.25, -0.2) is 4.98 Å². The zero-order valence-corrected chi connectivity index (χ0v) is 18.7. The number of benzene rings is 4. The van der Waals surface area contributed by atoms with Crippen LogP contribution in [0.15, 0.2) is 84.9 Å². The van der Waals surface area contributed by atoms with Crippen LogP contribution in [0.4, 0.5) is 0 Å². The number of aromatic nitrogens is 3. The van der Waals surface area contributed by atoms with Crippen molar-refractivity contribution in [2.75, 3.05) is 0 Å². The summed E-state index contributed by atoms with van der Waals surface area (Å²) in [6, 6.07) is 31.1. The Bertz CT molecular complexity index is 1810. The molecule has 0 aliphatic heterocycles. The number of fused-ring (bicyclic) bond motifs is 8. The van der Waals surface area contributed by atoms with Gasteiger partial charge in [-0.15, -0.1) is 11.3 Å². The molecule has 32 heavy (non-hydrogen) atoms. The molecule has 3 aromatic heterocycles. The average molecular weight is 432 g/mol. The fourth-order valence-electron chi connectivity index (χ4n) is 5.02. The maximum Gasteiger partial charge on any atom is 0.216 e. The van der Waals surface area contributed by atoms with Crippen molar-refractivity contribution >= 4 is 59.4 Å². The van der Waals surface area contributed by atoms with Crippen LogP contribution in [0.25, 0.3) is 59.1 Å². The first kappa shape index (κ1) is 18.0. The van der Waals surface area contributed by atoms with Crippen molar-refractivity contribution in [2.45, 2.75) is 19.9 Å². The van der Waals surface area contributed by atoms with E-state index in [-0.39, 0.29) is 0 Å². The van der Waals surface area contributed by atoms with Crippen LogP contribution in [0.3, 0.4) is 0 Å². The molecule has 0 fully saturated rings. The average Bonchev–Trinajstić information content (AvgIpc) is 3.46. The van der Waals surface area contributed by atoms with Crippen LogP contribution in [0.2, 0.25) is 0 Å². The van der Waals surface area contributed by atoms with Gasteiger partial charge >= 0.3 is 0 Å². The fraction of sp³-hybridized carbons (Fsp3) is 0.107. The molecular weight excluding hydrogens is 410 g/mol.